The molecule has 2 aromatic carbocycles. The molecule has 2 aliphatic rings. The van der Waals surface area contributed by atoms with Crippen LogP contribution >= 0.6 is 0 Å². The predicted molar refractivity (Wildman–Crippen MR) is 169 cm³/mol. The summed E-state index contributed by atoms with van der Waals surface area (Å²) >= 11 is 0. The molecule has 0 spiro atoms. The number of amides is 2. The zero-order chi connectivity index (χ0) is 30.2. The van der Waals surface area contributed by atoms with Gasteiger partial charge in [-0.15, -0.1) is 0 Å². The molecule has 0 bridgehead atoms. The van der Waals surface area contributed by atoms with E-state index in [1.807, 2.05) is 42.6 Å². The molecule has 11 heteroatoms. The summed E-state index contributed by atoms with van der Waals surface area (Å²) in [6.45, 7) is 0.453. The van der Waals surface area contributed by atoms with Crippen LogP contribution in [-0.2, 0) is 6.42 Å². The molecule has 6 aromatic rings. The Labute approximate surface area is 252 Å². The van der Waals surface area contributed by atoms with Gasteiger partial charge in [0, 0.05) is 58.3 Å². The summed E-state index contributed by atoms with van der Waals surface area (Å²) in [4.78, 5) is 39.4. The minimum absolute atomic E-state index is 0.104. The van der Waals surface area contributed by atoms with Crippen LogP contribution in [0.15, 0.2) is 85.5 Å². The lowest BCUT2D eigenvalue weighted by molar-refractivity contribution is 0.101. The van der Waals surface area contributed by atoms with Gasteiger partial charge in [0.2, 0.25) is 0 Å². The van der Waals surface area contributed by atoms with E-state index in [0.29, 0.717) is 23.5 Å². The Hall–Kier alpha value is -5.52. The van der Waals surface area contributed by atoms with Crippen molar-refractivity contribution in [2.75, 3.05) is 17.2 Å². The first-order valence-corrected chi connectivity index (χ1v) is 14.3. The van der Waals surface area contributed by atoms with Crippen LogP contribution in [0.1, 0.15) is 55.9 Å². The smallest absolute Gasteiger partial charge is 0.255 e. The zero-order valence-electron chi connectivity index (χ0n) is 23.6. The van der Waals surface area contributed by atoms with E-state index >= 15 is 0 Å². The van der Waals surface area contributed by atoms with Crippen LogP contribution in [0.4, 0.5) is 11.4 Å². The standard InChI is InChI=1S/C17H16N4O.C16H14N4O2/c18-14-4-2-10-9-11(1-3-12(10)14)17(22)21-15-6-8-20-16-13(15)5-7-19-16;17-12-8-22-14-7-9(1-2-10(12)14)16(21)20-13-4-6-19-15-11(13)3-5-18-15/h1,3,5-9,14H,2,4,18H2,(H2,19,20,21,22);1-7,12H,8,17H2,(H2,18,19,20,21)/t14-;12-/m01/s1. The number of ether oxygens (including phenoxy) is 1. The number of nitrogens with two attached hydrogens (primary N) is 2. The van der Waals surface area contributed by atoms with Crippen LogP contribution in [0.3, 0.4) is 0 Å². The second-order valence-electron chi connectivity index (χ2n) is 10.8. The minimum atomic E-state index is -0.194. The number of H-pyrrole nitrogens is 2. The van der Waals surface area contributed by atoms with Gasteiger partial charge in [0.25, 0.3) is 11.8 Å². The summed E-state index contributed by atoms with van der Waals surface area (Å²) in [6, 6.07) is 18.4. The molecule has 2 amide bonds. The topological polar surface area (TPSA) is 177 Å². The molecule has 4 aromatic heterocycles. The number of carbonyl (C=O) groups is 2. The summed E-state index contributed by atoms with van der Waals surface area (Å²) < 4.78 is 5.49. The lowest BCUT2D eigenvalue weighted by Gasteiger charge is -2.09. The maximum Gasteiger partial charge on any atom is 0.255 e. The van der Waals surface area contributed by atoms with Gasteiger partial charge in [-0.2, -0.15) is 0 Å². The van der Waals surface area contributed by atoms with Gasteiger partial charge >= 0.3 is 0 Å². The van der Waals surface area contributed by atoms with Gasteiger partial charge in [-0.05, 0) is 72.5 Å². The number of pyridine rings is 2. The Balaban J connectivity index is 0.000000142. The number of rotatable bonds is 4. The van der Waals surface area contributed by atoms with Crippen molar-refractivity contribution in [1.29, 1.82) is 0 Å². The number of anilines is 2. The summed E-state index contributed by atoms with van der Waals surface area (Å²) in [5.74, 6) is 0.374. The molecular weight excluding hydrogens is 556 g/mol. The van der Waals surface area contributed by atoms with E-state index in [9.17, 15) is 9.59 Å². The van der Waals surface area contributed by atoms with Gasteiger partial charge < -0.3 is 36.8 Å². The number of nitrogens with zero attached hydrogens (tertiary/aromatic N) is 2. The second-order valence-corrected chi connectivity index (χ2v) is 10.8. The average Bonchev–Trinajstić information content (AvgIpc) is 3.85. The van der Waals surface area contributed by atoms with Gasteiger partial charge in [0.1, 0.15) is 23.7 Å². The van der Waals surface area contributed by atoms with Crippen molar-refractivity contribution in [3.8, 4) is 5.75 Å². The molecule has 1 aliphatic carbocycles. The van der Waals surface area contributed by atoms with E-state index in [1.54, 1.807) is 42.9 Å². The largest absolute Gasteiger partial charge is 0.491 e. The molecular formula is C33H30N8O3. The number of aromatic nitrogens is 4. The zero-order valence-corrected chi connectivity index (χ0v) is 23.6. The van der Waals surface area contributed by atoms with Crippen LogP contribution in [0, 0.1) is 0 Å². The van der Waals surface area contributed by atoms with Gasteiger partial charge in [0.05, 0.1) is 17.4 Å². The highest BCUT2D eigenvalue weighted by Crippen LogP contribution is 2.32. The molecule has 1 aliphatic heterocycles. The normalized spacial score (nSPS) is 16.5. The fourth-order valence-electron chi connectivity index (χ4n) is 5.70. The highest BCUT2D eigenvalue weighted by molar-refractivity contribution is 6.09. The minimum Gasteiger partial charge on any atom is -0.491 e. The lowest BCUT2D eigenvalue weighted by Crippen LogP contribution is -2.13. The van der Waals surface area contributed by atoms with Crippen LogP contribution in [0.5, 0.6) is 5.75 Å². The SMILES string of the molecule is N[C@@H]1COc2cc(C(=O)Nc3ccnc4[nH]ccc34)ccc21.N[C@H]1CCc2cc(C(=O)Nc3ccnc4[nH]ccc34)ccc21. The molecule has 0 saturated carbocycles. The fraction of sp³-hybridized carbons (Fsp3) is 0.152. The molecule has 2 atom stereocenters. The highest BCUT2D eigenvalue weighted by atomic mass is 16.5. The monoisotopic (exact) mass is 586 g/mol. The third-order valence-corrected chi connectivity index (χ3v) is 8.04. The predicted octanol–water partition coefficient (Wildman–Crippen LogP) is 4.97. The first kappa shape index (κ1) is 27.3. The number of carbonyl (C=O) groups excluding carboxylic acids is 2. The summed E-state index contributed by atoms with van der Waals surface area (Å²) in [5, 5.41) is 7.64. The number of hydrogen-bond donors (Lipinski definition) is 6. The molecule has 44 heavy (non-hydrogen) atoms. The maximum absolute atomic E-state index is 12.5. The van der Waals surface area contributed by atoms with Crippen molar-refractivity contribution >= 4 is 45.3 Å². The molecule has 5 heterocycles. The molecule has 11 nitrogen and oxygen atoms in total. The van der Waals surface area contributed by atoms with E-state index in [-0.39, 0.29) is 23.9 Å². The molecule has 0 unspecified atom stereocenters. The Morgan fingerprint density at radius 2 is 1.34 bits per heavy atom. The second kappa shape index (κ2) is 11.3. The van der Waals surface area contributed by atoms with E-state index < -0.39 is 0 Å². The Kier molecular flexibility index (Phi) is 7.01. The van der Waals surface area contributed by atoms with Gasteiger partial charge in [-0.3, -0.25) is 9.59 Å². The Morgan fingerprint density at radius 3 is 1.98 bits per heavy atom. The third-order valence-electron chi connectivity index (χ3n) is 8.04. The molecule has 8 rings (SSSR count). The number of aromatic amines is 2. The van der Waals surface area contributed by atoms with E-state index in [0.717, 1.165) is 57.4 Å². The third kappa shape index (κ3) is 5.14. The average molecular weight is 587 g/mol. The number of nitrogens with one attached hydrogen (secondary N) is 4. The van der Waals surface area contributed by atoms with E-state index in [1.165, 1.54) is 5.56 Å². The Morgan fingerprint density at radius 1 is 0.750 bits per heavy atom. The number of hydrogen-bond acceptors (Lipinski definition) is 7. The van der Waals surface area contributed by atoms with Crippen LogP contribution in [0.25, 0.3) is 22.1 Å². The van der Waals surface area contributed by atoms with Crippen molar-refractivity contribution in [1.82, 2.24) is 19.9 Å². The Bertz CT molecular complexity index is 1890. The first-order chi connectivity index (χ1) is 21.4. The van der Waals surface area contributed by atoms with Crippen molar-refractivity contribution < 1.29 is 14.3 Å². The molecule has 0 fully saturated rings. The van der Waals surface area contributed by atoms with Crippen LogP contribution < -0.4 is 26.8 Å². The van der Waals surface area contributed by atoms with E-state index in [4.69, 9.17) is 16.2 Å². The summed E-state index contributed by atoms with van der Waals surface area (Å²) in [6.07, 6.45) is 8.82. The summed E-state index contributed by atoms with van der Waals surface area (Å²) in [7, 11) is 0. The van der Waals surface area contributed by atoms with Crippen molar-refractivity contribution in [2.45, 2.75) is 24.9 Å². The number of aryl methyl sites for hydroxylation is 1. The van der Waals surface area contributed by atoms with Gasteiger partial charge in [0.15, 0.2) is 0 Å². The summed E-state index contributed by atoms with van der Waals surface area (Å²) in [5.41, 5.74) is 19.4. The number of benzene rings is 2. The fourth-order valence-corrected chi connectivity index (χ4v) is 5.70. The highest BCUT2D eigenvalue weighted by Gasteiger charge is 2.22. The quantitative estimate of drug-likeness (QED) is 0.169. The van der Waals surface area contributed by atoms with Crippen LogP contribution in [-0.4, -0.2) is 38.4 Å². The molecule has 8 N–H and O–H groups in total. The van der Waals surface area contributed by atoms with E-state index in [2.05, 4.69) is 30.6 Å². The van der Waals surface area contributed by atoms with Crippen molar-refractivity contribution in [2.24, 2.45) is 11.5 Å². The van der Waals surface area contributed by atoms with Crippen molar-refractivity contribution in [3.05, 3.63) is 113 Å². The molecule has 0 saturated heterocycles. The molecule has 0 radical (unpaired) electrons. The number of fused-ring (bicyclic) bond motifs is 4. The van der Waals surface area contributed by atoms with Crippen molar-refractivity contribution in [3.63, 3.8) is 0 Å². The lowest BCUT2D eigenvalue weighted by atomic mass is 10.0. The van der Waals surface area contributed by atoms with Crippen LogP contribution in [0.2, 0.25) is 0 Å². The maximum atomic E-state index is 12.5. The molecule has 220 valence electrons. The van der Waals surface area contributed by atoms with Gasteiger partial charge in [-0.25, -0.2) is 9.97 Å². The first-order valence-electron chi connectivity index (χ1n) is 14.3. The van der Waals surface area contributed by atoms with Gasteiger partial charge in [-0.1, -0.05) is 12.1 Å².